The zero-order valence-electron chi connectivity index (χ0n) is 17.9. The number of unbranched alkanes of at least 4 members (excludes halogenated alkanes) is 6. The summed E-state index contributed by atoms with van der Waals surface area (Å²) in [5.41, 5.74) is 0.567. The van der Waals surface area contributed by atoms with Crippen molar-refractivity contribution in [2.24, 2.45) is 29.1 Å². The van der Waals surface area contributed by atoms with Crippen LogP contribution in [0, 0.1) is 29.1 Å². The molecule has 1 unspecified atom stereocenters. The second-order valence-corrected chi connectivity index (χ2v) is 10.0. The second kappa shape index (κ2) is 11.1. The molecule has 2 nitrogen and oxygen atoms in total. The molecule has 0 heterocycles. The van der Waals surface area contributed by atoms with Crippen LogP contribution in [-0.4, -0.2) is 22.9 Å². The first kappa shape index (κ1) is 22.2. The maximum atomic E-state index is 10.3. The summed E-state index contributed by atoms with van der Waals surface area (Å²) in [6.07, 6.45) is 17.4. The Morgan fingerprint density at radius 2 is 1.62 bits per heavy atom. The van der Waals surface area contributed by atoms with Crippen LogP contribution in [0.3, 0.4) is 0 Å². The van der Waals surface area contributed by atoms with Crippen molar-refractivity contribution in [3.63, 3.8) is 0 Å². The minimum absolute atomic E-state index is 0.0630. The van der Waals surface area contributed by atoms with E-state index >= 15 is 0 Å². The Morgan fingerprint density at radius 1 is 0.885 bits per heavy atom. The highest BCUT2D eigenvalue weighted by Gasteiger charge is 2.56. The summed E-state index contributed by atoms with van der Waals surface area (Å²) in [5.74, 6) is 3.64. The summed E-state index contributed by atoms with van der Waals surface area (Å²) in [6, 6.07) is 0. The molecule has 0 radical (unpaired) electrons. The molecule has 0 spiro atoms. The third-order valence-corrected chi connectivity index (χ3v) is 7.96. The molecule has 3 aliphatic rings. The summed E-state index contributed by atoms with van der Waals surface area (Å²) >= 11 is 0. The maximum absolute atomic E-state index is 10.3. The van der Waals surface area contributed by atoms with Gasteiger partial charge in [0.05, 0.1) is 6.10 Å². The third kappa shape index (κ3) is 5.96. The Morgan fingerprint density at radius 3 is 2.31 bits per heavy atom. The second-order valence-electron chi connectivity index (χ2n) is 10.0. The highest BCUT2D eigenvalue weighted by molar-refractivity contribution is 5.05. The minimum atomic E-state index is -0.0630. The van der Waals surface area contributed by atoms with E-state index in [-0.39, 0.29) is 6.10 Å². The van der Waals surface area contributed by atoms with Crippen LogP contribution in [0.25, 0.3) is 0 Å². The smallest absolute Gasteiger partial charge is 0.0540 e. The van der Waals surface area contributed by atoms with E-state index in [4.69, 9.17) is 5.11 Å². The summed E-state index contributed by atoms with van der Waals surface area (Å²) in [7, 11) is 0. The highest BCUT2D eigenvalue weighted by atomic mass is 16.3. The maximum Gasteiger partial charge on any atom is 0.0540 e. The molecule has 2 bridgehead atoms. The van der Waals surface area contributed by atoms with E-state index in [1.54, 1.807) is 0 Å². The van der Waals surface area contributed by atoms with Gasteiger partial charge >= 0.3 is 0 Å². The SMILES string of the molecule is CCCCC[C@H](O)CCC1C[C@@H]2C[C@H]([C@@H]1CCCCCCCO)C2(C)C. The molecule has 0 amide bonds. The average Bonchev–Trinajstić information content (AvgIpc) is 2.63. The fourth-order valence-electron chi connectivity index (χ4n) is 6.02. The van der Waals surface area contributed by atoms with Gasteiger partial charge in [-0.05, 0) is 74.0 Å². The van der Waals surface area contributed by atoms with Gasteiger partial charge in [0.25, 0.3) is 0 Å². The van der Waals surface area contributed by atoms with Gasteiger partial charge in [-0.25, -0.2) is 0 Å². The van der Waals surface area contributed by atoms with Crippen LogP contribution in [0.1, 0.15) is 111 Å². The van der Waals surface area contributed by atoms with Crippen molar-refractivity contribution in [3.05, 3.63) is 0 Å². The summed E-state index contributed by atoms with van der Waals surface area (Å²) in [5, 5.41) is 19.3. The van der Waals surface area contributed by atoms with E-state index in [9.17, 15) is 5.11 Å². The fraction of sp³-hybridized carbons (Fsp3) is 1.00. The Labute approximate surface area is 163 Å². The molecular formula is C24H46O2. The van der Waals surface area contributed by atoms with Gasteiger partial charge in [-0.3, -0.25) is 0 Å². The van der Waals surface area contributed by atoms with Crippen LogP contribution in [0.2, 0.25) is 0 Å². The van der Waals surface area contributed by atoms with Crippen molar-refractivity contribution >= 4 is 0 Å². The van der Waals surface area contributed by atoms with E-state index in [0.717, 1.165) is 42.9 Å². The number of aliphatic hydroxyl groups excluding tert-OH is 2. The summed E-state index contributed by atoms with van der Waals surface area (Å²) in [6.45, 7) is 7.60. The van der Waals surface area contributed by atoms with Gasteiger partial charge in [0.2, 0.25) is 0 Å². The summed E-state index contributed by atoms with van der Waals surface area (Å²) in [4.78, 5) is 0. The van der Waals surface area contributed by atoms with Crippen molar-refractivity contribution in [2.75, 3.05) is 6.61 Å². The normalized spacial score (nSPS) is 30.8. The van der Waals surface area contributed by atoms with E-state index in [1.165, 1.54) is 70.6 Å². The molecule has 5 atom stereocenters. The van der Waals surface area contributed by atoms with E-state index in [0.29, 0.717) is 12.0 Å². The molecule has 154 valence electrons. The van der Waals surface area contributed by atoms with Crippen molar-refractivity contribution in [3.8, 4) is 0 Å². The molecular weight excluding hydrogens is 320 g/mol. The molecule has 0 aromatic heterocycles. The third-order valence-electron chi connectivity index (χ3n) is 7.96. The molecule has 26 heavy (non-hydrogen) atoms. The molecule has 0 aromatic rings. The van der Waals surface area contributed by atoms with E-state index < -0.39 is 0 Å². The van der Waals surface area contributed by atoms with E-state index in [2.05, 4.69) is 20.8 Å². The number of hydrogen-bond donors (Lipinski definition) is 2. The van der Waals surface area contributed by atoms with Crippen LogP contribution in [0.4, 0.5) is 0 Å². The number of aliphatic hydroxyl groups is 2. The first-order valence-corrected chi connectivity index (χ1v) is 11.8. The predicted molar refractivity (Wildman–Crippen MR) is 111 cm³/mol. The Balaban J connectivity index is 1.76. The van der Waals surface area contributed by atoms with Gasteiger partial charge in [0.1, 0.15) is 0 Å². The number of hydrogen-bond acceptors (Lipinski definition) is 2. The molecule has 0 aromatic carbocycles. The Bertz CT molecular complexity index is 378. The van der Waals surface area contributed by atoms with Crippen molar-refractivity contribution in [2.45, 2.75) is 117 Å². The monoisotopic (exact) mass is 366 g/mol. The molecule has 3 rings (SSSR count). The van der Waals surface area contributed by atoms with Gasteiger partial charge in [-0.2, -0.15) is 0 Å². The molecule has 2 heteroatoms. The first-order chi connectivity index (χ1) is 12.5. The molecule has 0 aliphatic heterocycles. The number of rotatable bonds is 14. The average molecular weight is 367 g/mol. The molecule has 3 fully saturated rings. The van der Waals surface area contributed by atoms with Crippen LogP contribution >= 0.6 is 0 Å². The van der Waals surface area contributed by atoms with Gasteiger partial charge in [0, 0.05) is 6.61 Å². The van der Waals surface area contributed by atoms with Crippen LogP contribution < -0.4 is 0 Å². The van der Waals surface area contributed by atoms with Gasteiger partial charge < -0.3 is 10.2 Å². The lowest BCUT2D eigenvalue weighted by Gasteiger charge is -2.63. The molecule has 2 N–H and O–H groups in total. The lowest BCUT2D eigenvalue weighted by Crippen LogP contribution is -2.55. The molecule has 3 aliphatic carbocycles. The summed E-state index contributed by atoms with van der Waals surface area (Å²) < 4.78 is 0. The topological polar surface area (TPSA) is 40.5 Å². The first-order valence-electron chi connectivity index (χ1n) is 11.8. The van der Waals surface area contributed by atoms with Gasteiger partial charge in [-0.1, -0.05) is 65.7 Å². The van der Waals surface area contributed by atoms with Crippen LogP contribution in [0.5, 0.6) is 0 Å². The zero-order valence-corrected chi connectivity index (χ0v) is 17.9. The molecule has 3 saturated carbocycles. The quantitative estimate of drug-likeness (QED) is 0.352. The lowest BCUT2D eigenvalue weighted by atomic mass is 9.42. The Hall–Kier alpha value is -0.0800. The van der Waals surface area contributed by atoms with Crippen molar-refractivity contribution in [1.82, 2.24) is 0 Å². The number of fused-ring (bicyclic) bond motifs is 2. The lowest BCUT2D eigenvalue weighted by molar-refractivity contribution is -0.139. The molecule has 0 saturated heterocycles. The zero-order chi connectivity index (χ0) is 19.0. The van der Waals surface area contributed by atoms with Gasteiger partial charge in [0.15, 0.2) is 0 Å². The van der Waals surface area contributed by atoms with Crippen molar-refractivity contribution in [1.29, 1.82) is 0 Å². The fourth-order valence-corrected chi connectivity index (χ4v) is 6.02. The van der Waals surface area contributed by atoms with Crippen molar-refractivity contribution < 1.29 is 10.2 Å². The largest absolute Gasteiger partial charge is 0.396 e. The standard InChI is InChI=1S/C24H46O2/c1-4-5-9-12-21(26)15-14-19-17-20-18-23(24(20,2)3)22(19)13-10-7-6-8-11-16-25/h19-23,25-26H,4-18H2,1-3H3/t19?,20-,21+,22-,23-/m1/s1. The van der Waals surface area contributed by atoms with E-state index in [1.807, 2.05) is 0 Å². The van der Waals surface area contributed by atoms with Gasteiger partial charge in [-0.15, -0.1) is 0 Å². The highest BCUT2D eigenvalue weighted by Crippen LogP contribution is 2.64. The minimum Gasteiger partial charge on any atom is -0.396 e. The van der Waals surface area contributed by atoms with Crippen LogP contribution in [-0.2, 0) is 0 Å². The van der Waals surface area contributed by atoms with Crippen LogP contribution in [0.15, 0.2) is 0 Å². The predicted octanol–water partition coefficient (Wildman–Crippen LogP) is 6.34. The Kier molecular flexibility index (Phi) is 9.44.